The number of oxime groups is 1. The van der Waals surface area contributed by atoms with Gasteiger partial charge in [0.1, 0.15) is 23.9 Å². The minimum atomic E-state index is -0.270. The summed E-state index contributed by atoms with van der Waals surface area (Å²) in [6.45, 7) is 4.31. The predicted octanol–water partition coefficient (Wildman–Crippen LogP) is 6.55. The second kappa shape index (κ2) is 10.3. The van der Waals surface area contributed by atoms with Gasteiger partial charge in [0.05, 0.1) is 25.6 Å². The first-order valence-electron chi connectivity index (χ1n) is 10.9. The molecule has 0 aliphatic carbocycles. The van der Waals surface area contributed by atoms with E-state index in [1.54, 1.807) is 26.4 Å². The Balaban J connectivity index is 1.67. The fraction of sp³-hybridized carbons (Fsp3) is 0.179. The van der Waals surface area contributed by atoms with E-state index in [2.05, 4.69) is 15.8 Å². The van der Waals surface area contributed by atoms with Crippen LogP contribution < -0.4 is 9.47 Å². The van der Waals surface area contributed by atoms with Gasteiger partial charge >= 0.3 is 0 Å². The van der Waals surface area contributed by atoms with Crippen LogP contribution in [0, 0.1) is 12.7 Å². The van der Waals surface area contributed by atoms with Crippen molar-refractivity contribution in [2.75, 3.05) is 14.2 Å². The van der Waals surface area contributed by atoms with Gasteiger partial charge in [0, 0.05) is 16.9 Å². The lowest BCUT2D eigenvalue weighted by atomic mass is 10.1. The van der Waals surface area contributed by atoms with Crippen LogP contribution in [0.4, 0.5) is 4.39 Å². The lowest BCUT2D eigenvalue weighted by molar-refractivity contribution is 0.130. The normalized spacial score (nSPS) is 11.4. The van der Waals surface area contributed by atoms with Gasteiger partial charge in [-0.15, -0.1) is 0 Å². The molecule has 0 atom stereocenters. The summed E-state index contributed by atoms with van der Waals surface area (Å²) in [5, 5.41) is 4.37. The van der Waals surface area contributed by atoms with Gasteiger partial charge < -0.3 is 18.9 Å². The molecule has 1 heterocycles. The van der Waals surface area contributed by atoms with Crippen molar-refractivity contribution in [2.24, 2.45) is 5.16 Å². The van der Waals surface area contributed by atoms with Gasteiger partial charge in [0.15, 0.2) is 0 Å². The summed E-state index contributed by atoms with van der Waals surface area (Å²) in [7, 11) is 3.28. The Morgan fingerprint density at radius 3 is 2.03 bits per heavy atom. The molecule has 0 fully saturated rings. The first-order valence-corrected chi connectivity index (χ1v) is 10.9. The van der Waals surface area contributed by atoms with Gasteiger partial charge in [0.2, 0.25) is 0 Å². The Hall–Kier alpha value is -4.06. The number of hydrogen-bond donors (Lipinski definition) is 0. The molecule has 34 heavy (non-hydrogen) atoms. The summed E-state index contributed by atoms with van der Waals surface area (Å²) in [6, 6.07) is 24.1. The van der Waals surface area contributed by atoms with Gasteiger partial charge in [-0.3, -0.25) is 0 Å². The zero-order valence-corrected chi connectivity index (χ0v) is 19.7. The lowest BCUT2D eigenvalue weighted by Crippen LogP contribution is -2.02. The molecule has 0 aliphatic heterocycles. The summed E-state index contributed by atoms with van der Waals surface area (Å²) < 4.78 is 26.2. The van der Waals surface area contributed by atoms with Gasteiger partial charge in [-0.25, -0.2) is 4.39 Å². The second-order valence-corrected chi connectivity index (χ2v) is 7.87. The maximum atomic E-state index is 13.6. The summed E-state index contributed by atoms with van der Waals surface area (Å²) in [4.78, 5) is 5.64. The first kappa shape index (κ1) is 23.1. The van der Waals surface area contributed by atoms with E-state index in [4.69, 9.17) is 14.3 Å². The Kier molecular flexibility index (Phi) is 6.97. The highest BCUT2D eigenvalue weighted by molar-refractivity contribution is 6.01. The Bertz CT molecular complexity index is 1280. The van der Waals surface area contributed by atoms with Crippen molar-refractivity contribution < 1.29 is 18.7 Å². The van der Waals surface area contributed by atoms with Crippen LogP contribution in [0.15, 0.2) is 84.0 Å². The van der Waals surface area contributed by atoms with Gasteiger partial charge in [0.25, 0.3) is 0 Å². The van der Waals surface area contributed by atoms with Crippen molar-refractivity contribution in [3.8, 4) is 28.4 Å². The maximum absolute atomic E-state index is 13.6. The largest absolute Gasteiger partial charge is 0.497 e. The van der Waals surface area contributed by atoms with Crippen LogP contribution in [0.1, 0.15) is 23.7 Å². The third-order valence-corrected chi connectivity index (χ3v) is 5.70. The summed E-state index contributed by atoms with van der Waals surface area (Å²) >= 11 is 0. The molecule has 0 saturated carbocycles. The van der Waals surface area contributed by atoms with Crippen LogP contribution in [0.3, 0.4) is 0 Å². The number of benzene rings is 3. The topological polar surface area (TPSA) is 45.0 Å². The van der Waals surface area contributed by atoms with E-state index in [9.17, 15) is 4.39 Å². The molecular weight excluding hydrogens is 431 g/mol. The molecule has 0 N–H and O–H groups in total. The number of methoxy groups -OCH3 is 2. The Labute approximate surface area is 199 Å². The highest BCUT2D eigenvalue weighted by Crippen LogP contribution is 2.31. The minimum absolute atomic E-state index is 0.270. The number of nitrogens with zero attached hydrogens (tertiary/aromatic N) is 2. The fourth-order valence-electron chi connectivity index (χ4n) is 3.84. The molecule has 0 spiro atoms. The molecule has 0 radical (unpaired) electrons. The minimum Gasteiger partial charge on any atom is -0.497 e. The van der Waals surface area contributed by atoms with Crippen LogP contribution in [0.25, 0.3) is 16.9 Å². The molecule has 6 heteroatoms. The SMILES string of the molecule is COc1ccc(CO/N=C(/C)c2cc(-c3ccc(F)cc3)n(-c3ccc(OC)cc3)c2C)cc1. The van der Waals surface area contributed by atoms with Crippen molar-refractivity contribution in [2.45, 2.75) is 20.5 Å². The second-order valence-electron chi connectivity index (χ2n) is 7.87. The molecule has 0 bridgehead atoms. The van der Waals surface area contributed by atoms with E-state index in [1.165, 1.54) is 12.1 Å². The number of rotatable bonds is 8. The van der Waals surface area contributed by atoms with E-state index in [-0.39, 0.29) is 5.82 Å². The molecule has 5 nitrogen and oxygen atoms in total. The van der Waals surface area contributed by atoms with Crippen molar-refractivity contribution in [1.82, 2.24) is 4.57 Å². The average molecular weight is 459 g/mol. The monoisotopic (exact) mass is 458 g/mol. The number of hydrogen-bond acceptors (Lipinski definition) is 4. The summed E-state index contributed by atoms with van der Waals surface area (Å²) in [6.07, 6.45) is 0. The molecular formula is C28H27FN2O3. The quantitative estimate of drug-likeness (QED) is 0.222. The highest BCUT2D eigenvalue weighted by Gasteiger charge is 2.17. The zero-order chi connectivity index (χ0) is 24.1. The van der Waals surface area contributed by atoms with E-state index in [0.29, 0.717) is 6.61 Å². The van der Waals surface area contributed by atoms with E-state index in [0.717, 1.165) is 51.0 Å². The van der Waals surface area contributed by atoms with E-state index >= 15 is 0 Å². The van der Waals surface area contributed by atoms with Crippen LogP contribution in [-0.4, -0.2) is 24.5 Å². The fourth-order valence-corrected chi connectivity index (χ4v) is 3.84. The van der Waals surface area contributed by atoms with Gasteiger partial charge in [-0.1, -0.05) is 17.3 Å². The van der Waals surface area contributed by atoms with Crippen molar-refractivity contribution >= 4 is 5.71 Å². The molecule has 0 amide bonds. The molecule has 174 valence electrons. The maximum Gasteiger partial charge on any atom is 0.142 e. The zero-order valence-electron chi connectivity index (χ0n) is 19.7. The highest BCUT2D eigenvalue weighted by atomic mass is 19.1. The van der Waals surface area contributed by atoms with E-state index in [1.807, 2.05) is 62.4 Å². The molecule has 3 aromatic carbocycles. The van der Waals surface area contributed by atoms with Crippen LogP contribution in [0.2, 0.25) is 0 Å². The van der Waals surface area contributed by atoms with Crippen LogP contribution >= 0.6 is 0 Å². The molecule has 4 rings (SSSR count). The standard InChI is InChI=1S/C28H27FN2O3/c1-19(30-34-18-21-5-13-25(32-3)14-6-21)27-17-28(22-7-9-23(29)10-8-22)31(20(27)2)24-11-15-26(33-4)16-12-24/h5-17H,18H2,1-4H3/b30-19-. The first-order chi connectivity index (χ1) is 16.5. The number of halogens is 1. The smallest absolute Gasteiger partial charge is 0.142 e. The number of ether oxygens (including phenoxy) is 2. The molecule has 0 unspecified atom stereocenters. The average Bonchev–Trinajstić information content (AvgIpc) is 3.22. The van der Waals surface area contributed by atoms with Gasteiger partial charge in [-0.2, -0.15) is 0 Å². The van der Waals surface area contributed by atoms with Crippen molar-refractivity contribution in [3.63, 3.8) is 0 Å². The number of aromatic nitrogens is 1. The Morgan fingerprint density at radius 2 is 1.44 bits per heavy atom. The van der Waals surface area contributed by atoms with Crippen molar-refractivity contribution in [3.05, 3.63) is 102 Å². The molecule has 0 aliphatic rings. The lowest BCUT2D eigenvalue weighted by Gasteiger charge is -2.13. The summed E-state index contributed by atoms with van der Waals surface area (Å²) in [5.74, 6) is 1.31. The molecule has 4 aromatic rings. The molecule has 1 aromatic heterocycles. The third-order valence-electron chi connectivity index (χ3n) is 5.70. The van der Waals surface area contributed by atoms with Crippen molar-refractivity contribution in [1.29, 1.82) is 0 Å². The van der Waals surface area contributed by atoms with Crippen LogP contribution in [-0.2, 0) is 11.4 Å². The van der Waals surface area contributed by atoms with Crippen LogP contribution in [0.5, 0.6) is 11.5 Å². The molecule has 0 saturated heterocycles. The summed E-state index contributed by atoms with van der Waals surface area (Å²) in [5.41, 5.74) is 6.50. The predicted molar refractivity (Wildman–Crippen MR) is 132 cm³/mol. The van der Waals surface area contributed by atoms with Gasteiger partial charge in [-0.05, 0) is 91.7 Å². The third kappa shape index (κ3) is 4.96. The Morgan fingerprint density at radius 1 is 0.853 bits per heavy atom. The van der Waals surface area contributed by atoms with E-state index < -0.39 is 0 Å².